The number of likely N-dealkylation sites (tertiary alicyclic amines) is 1. The predicted molar refractivity (Wildman–Crippen MR) is 44.2 cm³/mol. The highest BCUT2D eigenvalue weighted by atomic mass is 16.2. The van der Waals surface area contributed by atoms with Gasteiger partial charge in [-0.3, -0.25) is 0 Å². The van der Waals surface area contributed by atoms with Crippen LogP contribution in [0.5, 0.6) is 0 Å². The molecule has 0 aliphatic carbocycles. The third-order valence-corrected chi connectivity index (χ3v) is 2.38. The zero-order valence-corrected chi connectivity index (χ0v) is 7.05. The molecule has 0 aromatic heterocycles. The monoisotopic (exact) mass is 156 g/mol. The zero-order valence-electron chi connectivity index (χ0n) is 7.05. The Labute approximate surface area is 67.5 Å². The van der Waals surface area contributed by atoms with Crippen LogP contribution in [0, 0.1) is 0 Å². The van der Waals surface area contributed by atoms with Crippen LogP contribution in [0.3, 0.4) is 0 Å². The van der Waals surface area contributed by atoms with Crippen molar-refractivity contribution in [3.05, 3.63) is 0 Å². The molecule has 1 atom stereocenters. The summed E-state index contributed by atoms with van der Waals surface area (Å²) < 4.78 is 0. The van der Waals surface area contributed by atoms with Crippen LogP contribution in [0.4, 0.5) is 4.79 Å². The number of urea groups is 1. The number of hydrogen-bond acceptors (Lipinski definition) is 1. The lowest BCUT2D eigenvalue weighted by Gasteiger charge is -2.33. The molecule has 3 heteroatoms. The van der Waals surface area contributed by atoms with Gasteiger partial charge in [0.05, 0.1) is 0 Å². The lowest BCUT2D eigenvalue weighted by molar-refractivity contribution is 0.157. The Balaban J connectivity index is 2.51. The number of nitrogens with two attached hydrogens (primary N) is 1. The summed E-state index contributed by atoms with van der Waals surface area (Å²) in [5, 5.41) is 0. The van der Waals surface area contributed by atoms with E-state index in [1.165, 1.54) is 6.42 Å². The lowest BCUT2D eigenvalue weighted by Crippen LogP contribution is -2.46. The van der Waals surface area contributed by atoms with Crippen LogP contribution < -0.4 is 5.73 Å². The maximum Gasteiger partial charge on any atom is 0.315 e. The van der Waals surface area contributed by atoms with Gasteiger partial charge in [-0.05, 0) is 25.7 Å². The minimum atomic E-state index is -0.253. The van der Waals surface area contributed by atoms with E-state index in [4.69, 9.17) is 5.73 Å². The van der Waals surface area contributed by atoms with E-state index in [1.54, 1.807) is 4.90 Å². The Bertz CT molecular complexity index is 147. The van der Waals surface area contributed by atoms with Gasteiger partial charge >= 0.3 is 6.03 Å². The van der Waals surface area contributed by atoms with Crippen LogP contribution >= 0.6 is 0 Å². The van der Waals surface area contributed by atoms with Gasteiger partial charge < -0.3 is 10.6 Å². The molecule has 1 aliphatic heterocycles. The minimum absolute atomic E-state index is 0.253. The molecule has 1 fully saturated rings. The maximum absolute atomic E-state index is 10.9. The second-order valence-electron chi connectivity index (χ2n) is 3.09. The van der Waals surface area contributed by atoms with Gasteiger partial charge in [0.2, 0.25) is 0 Å². The summed E-state index contributed by atoms with van der Waals surface area (Å²) in [6.45, 7) is 2.96. The molecule has 0 saturated carbocycles. The predicted octanol–water partition coefficient (Wildman–Crippen LogP) is 1.33. The molecule has 2 amide bonds. The molecule has 0 bridgehead atoms. The summed E-state index contributed by atoms with van der Waals surface area (Å²) in [4.78, 5) is 12.7. The summed E-state index contributed by atoms with van der Waals surface area (Å²) >= 11 is 0. The van der Waals surface area contributed by atoms with Gasteiger partial charge in [0.1, 0.15) is 0 Å². The van der Waals surface area contributed by atoms with Crippen molar-refractivity contribution >= 4 is 6.03 Å². The van der Waals surface area contributed by atoms with Gasteiger partial charge in [-0.25, -0.2) is 4.79 Å². The molecule has 64 valence electrons. The fourth-order valence-corrected chi connectivity index (χ4v) is 1.72. The molecule has 1 saturated heterocycles. The van der Waals surface area contributed by atoms with Crippen molar-refractivity contribution in [1.29, 1.82) is 0 Å². The maximum atomic E-state index is 10.9. The highest BCUT2D eigenvalue weighted by Gasteiger charge is 2.22. The highest BCUT2D eigenvalue weighted by molar-refractivity contribution is 5.72. The van der Waals surface area contributed by atoms with Crippen molar-refractivity contribution in [2.45, 2.75) is 38.6 Å². The number of hydrogen-bond donors (Lipinski definition) is 1. The molecular weight excluding hydrogens is 140 g/mol. The van der Waals surface area contributed by atoms with E-state index >= 15 is 0 Å². The average Bonchev–Trinajstić information content (AvgIpc) is 2.04. The molecule has 0 aromatic carbocycles. The van der Waals surface area contributed by atoms with E-state index in [0.29, 0.717) is 6.04 Å². The number of piperidine rings is 1. The number of primary amides is 1. The summed E-state index contributed by atoms with van der Waals surface area (Å²) in [6, 6.07) is 0.151. The molecule has 3 nitrogen and oxygen atoms in total. The molecule has 0 aromatic rings. The first-order valence-electron chi connectivity index (χ1n) is 4.31. The SMILES string of the molecule is CCC1CCCCN1C(N)=O. The molecule has 0 radical (unpaired) electrons. The van der Waals surface area contributed by atoms with Crippen molar-refractivity contribution in [3.63, 3.8) is 0 Å². The second-order valence-corrected chi connectivity index (χ2v) is 3.09. The molecule has 1 rings (SSSR count). The van der Waals surface area contributed by atoms with Crippen molar-refractivity contribution < 1.29 is 4.79 Å². The minimum Gasteiger partial charge on any atom is -0.351 e. The van der Waals surface area contributed by atoms with Gasteiger partial charge in [-0.1, -0.05) is 6.92 Å². The first kappa shape index (κ1) is 8.37. The van der Waals surface area contributed by atoms with Crippen molar-refractivity contribution in [3.8, 4) is 0 Å². The topological polar surface area (TPSA) is 46.3 Å². The van der Waals surface area contributed by atoms with E-state index in [1.807, 2.05) is 0 Å². The third-order valence-electron chi connectivity index (χ3n) is 2.38. The summed E-state index contributed by atoms with van der Waals surface area (Å²) in [5.74, 6) is 0. The Morgan fingerprint density at radius 3 is 2.82 bits per heavy atom. The Kier molecular flexibility index (Phi) is 2.74. The summed E-state index contributed by atoms with van der Waals surface area (Å²) in [7, 11) is 0. The van der Waals surface area contributed by atoms with Crippen LogP contribution in [-0.4, -0.2) is 23.5 Å². The van der Waals surface area contributed by atoms with Crippen LogP contribution in [0.1, 0.15) is 32.6 Å². The van der Waals surface area contributed by atoms with Crippen LogP contribution in [0.25, 0.3) is 0 Å². The van der Waals surface area contributed by atoms with Crippen molar-refractivity contribution in [2.75, 3.05) is 6.54 Å². The normalized spacial score (nSPS) is 25.2. The molecule has 2 N–H and O–H groups in total. The van der Waals surface area contributed by atoms with Crippen LogP contribution in [-0.2, 0) is 0 Å². The van der Waals surface area contributed by atoms with E-state index < -0.39 is 0 Å². The first-order chi connectivity index (χ1) is 5.25. The Hall–Kier alpha value is -0.730. The number of amides is 2. The van der Waals surface area contributed by atoms with Gasteiger partial charge in [-0.2, -0.15) is 0 Å². The number of carbonyl (C=O) groups is 1. The summed E-state index contributed by atoms with van der Waals surface area (Å²) in [5.41, 5.74) is 5.22. The van der Waals surface area contributed by atoms with Crippen LogP contribution in [0.15, 0.2) is 0 Å². The van der Waals surface area contributed by atoms with E-state index in [2.05, 4.69) is 6.92 Å². The van der Waals surface area contributed by atoms with E-state index in [9.17, 15) is 4.79 Å². The number of nitrogens with zero attached hydrogens (tertiary/aromatic N) is 1. The number of rotatable bonds is 1. The fraction of sp³-hybridized carbons (Fsp3) is 0.875. The molecule has 11 heavy (non-hydrogen) atoms. The van der Waals surface area contributed by atoms with Crippen molar-refractivity contribution in [2.24, 2.45) is 5.73 Å². The largest absolute Gasteiger partial charge is 0.351 e. The molecular formula is C8H16N2O. The lowest BCUT2D eigenvalue weighted by atomic mass is 10.0. The van der Waals surface area contributed by atoms with Gasteiger partial charge in [0, 0.05) is 12.6 Å². The van der Waals surface area contributed by atoms with Crippen LogP contribution in [0.2, 0.25) is 0 Å². The fourth-order valence-electron chi connectivity index (χ4n) is 1.72. The highest BCUT2D eigenvalue weighted by Crippen LogP contribution is 2.18. The van der Waals surface area contributed by atoms with Gasteiger partial charge in [-0.15, -0.1) is 0 Å². The standard InChI is InChI=1S/C8H16N2O/c1-2-7-5-3-4-6-10(7)8(9)11/h7H,2-6H2,1H3,(H2,9,11). The average molecular weight is 156 g/mol. The second kappa shape index (κ2) is 3.60. The molecule has 1 heterocycles. The smallest absolute Gasteiger partial charge is 0.315 e. The van der Waals surface area contributed by atoms with Crippen molar-refractivity contribution in [1.82, 2.24) is 4.90 Å². The molecule has 1 unspecified atom stereocenters. The quantitative estimate of drug-likeness (QED) is 0.611. The molecule has 0 spiro atoms. The van der Waals surface area contributed by atoms with Gasteiger partial charge in [0.15, 0.2) is 0 Å². The van der Waals surface area contributed by atoms with E-state index in [0.717, 1.165) is 25.8 Å². The zero-order chi connectivity index (χ0) is 8.27. The Morgan fingerprint density at radius 1 is 1.64 bits per heavy atom. The van der Waals surface area contributed by atoms with E-state index in [-0.39, 0.29) is 6.03 Å². The third kappa shape index (κ3) is 1.85. The molecule has 1 aliphatic rings. The summed E-state index contributed by atoms with van der Waals surface area (Å²) in [6.07, 6.45) is 4.50. The van der Waals surface area contributed by atoms with Gasteiger partial charge in [0.25, 0.3) is 0 Å². The Morgan fingerprint density at radius 2 is 2.36 bits per heavy atom. The number of carbonyl (C=O) groups excluding carboxylic acids is 1. The first-order valence-corrected chi connectivity index (χ1v) is 4.31.